The van der Waals surface area contributed by atoms with Crippen molar-refractivity contribution in [2.45, 2.75) is 6.54 Å². The van der Waals surface area contributed by atoms with Crippen molar-refractivity contribution >= 4 is 12.0 Å². The van der Waals surface area contributed by atoms with E-state index in [0.29, 0.717) is 25.4 Å². The Hall–Kier alpha value is -2.86. The fourth-order valence-electron chi connectivity index (χ4n) is 3.31. The normalized spacial score (nSPS) is 15.0. The van der Waals surface area contributed by atoms with Crippen molar-refractivity contribution in [3.63, 3.8) is 0 Å². The van der Waals surface area contributed by atoms with Crippen LogP contribution >= 0.6 is 0 Å². The van der Waals surface area contributed by atoms with Crippen LogP contribution in [-0.2, 0) is 11.3 Å². The lowest BCUT2D eigenvalue weighted by atomic mass is 10.1. The fourth-order valence-corrected chi connectivity index (χ4v) is 3.31. The highest BCUT2D eigenvalue weighted by Crippen LogP contribution is 2.22. The van der Waals surface area contributed by atoms with Gasteiger partial charge in [0.05, 0.1) is 14.2 Å². The van der Waals surface area contributed by atoms with Crippen molar-refractivity contribution in [1.29, 1.82) is 0 Å². The van der Waals surface area contributed by atoms with Gasteiger partial charge < -0.3 is 14.4 Å². The van der Waals surface area contributed by atoms with Crippen molar-refractivity contribution in [2.24, 2.45) is 0 Å². The number of amides is 1. The molecule has 148 valence electrons. The van der Waals surface area contributed by atoms with Gasteiger partial charge in [-0.25, -0.2) is 4.39 Å². The summed E-state index contributed by atoms with van der Waals surface area (Å²) in [6.45, 7) is 3.32. The van der Waals surface area contributed by atoms with Crippen LogP contribution in [0.5, 0.6) is 11.5 Å². The van der Waals surface area contributed by atoms with Crippen molar-refractivity contribution in [2.75, 3.05) is 40.4 Å². The maximum atomic E-state index is 13.5. The second-order valence-corrected chi connectivity index (χ2v) is 6.63. The smallest absolute Gasteiger partial charge is 0.246 e. The summed E-state index contributed by atoms with van der Waals surface area (Å²) in [5.41, 5.74) is 1.69. The minimum atomic E-state index is -0.272. The van der Waals surface area contributed by atoms with Crippen molar-refractivity contribution < 1.29 is 18.7 Å². The number of para-hydroxylation sites is 1. The molecule has 0 saturated carbocycles. The second kappa shape index (κ2) is 9.37. The van der Waals surface area contributed by atoms with Gasteiger partial charge in [0.1, 0.15) is 17.3 Å². The van der Waals surface area contributed by atoms with E-state index in [4.69, 9.17) is 9.47 Å². The Morgan fingerprint density at radius 1 is 1.04 bits per heavy atom. The van der Waals surface area contributed by atoms with E-state index in [2.05, 4.69) is 4.90 Å². The Morgan fingerprint density at radius 3 is 2.46 bits per heavy atom. The van der Waals surface area contributed by atoms with Gasteiger partial charge in [-0.15, -0.1) is 0 Å². The Kier molecular flexibility index (Phi) is 6.66. The average molecular weight is 384 g/mol. The number of carbonyl (C=O) groups excluding carboxylic acids is 1. The van der Waals surface area contributed by atoms with Gasteiger partial charge in [0.15, 0.2) is 0 Å². The number of carbonyl (C=O) groups is 1. The lowest BCUT2D eigenvalue weighted by Gasteiger charge is -2.34. The molecule has 0 spiro atoms. The highest BCUT2D eigenvalue weighted by molar-refractivity contribution is 5.92. The molecule has 0 bridgehead atoms. The number of methoxy groups -OCH3 is 2. The molecule has 0 atom stereocenters. The predicted molar refractivity (Wildman–Crippen MR) is 107 cm³/mol. The molecule has 6 heteroatoms. The van der Waals surface area contributed by atoms with E-state index < -0.39 is 0 Å². The summed E-state index contributed by atoms with van der Waals surface area (Å²) in [6, 6.07) is 12.1. The number of ether oxygens (including phenoxy) is 2. The Morgan fingerprint density at radius 2 is 1.75 bits per heavy atom. The molecule has 1 heterocycles. The maximum Gasteiger partial charge on any atom is 0.246 e. The highest BCUT2D eigenvalue weighted by atomic mass is 19.1. The minimum absolute atomic E-state index is 0.0195. The number of halogens is 1. The monoisotopic (exact) mass is 384 g/mol. The summed E-state index contributed by atoms with van der Waals surface area (Å²) in [6.07, 6.45) is 3.37. The predicted octanol–water partition coefficient (Wildman–Crippen LogP) is 3.20. The lowest BCUT2D eigenvalue weighted by Crippen LogP contribution is -2.47. The molecule has 3 rings (SSSR count). The van der Waals surface area contributed by atoms with Crippen LogP contribution in [0.15, 0.2) is 48.5 Å². The van der Waals surface area contributed by atoms with E-state index in [9.17, 15) is 9.18 Å². The third-order valence-corrected chi connectivity index (χ3v) is 4.86. The van der Waals surface area contributed by atoms with Crippen LogP contribution < -0.4 is 9.47 Å². The van der Waals surface area contributed by atoms with Gasteiger partial charge in [-0.3, -0.25) is 9.69 Å². The zero-order chi connectivity index (χ0) is 19.9. The largest absolute Gasteiger partial charge is 0.496 e. The summed E-state index contributed by atoms with van der Waals surface area (Å²) in [7, 11) is 3.20. The molecule has 0 aliphatic carbocycles. The average Bonchev–Trinajstić information content (AvgIpc) is 2.73. The van der Waals surface area contributed by atoms with Crippen LogP contribution in [0, 0.1) is 5.82 Å². The van der Waals surface area contributed by atoms with E-state index in [-0.39, 0.29) is 11.7 Å². The summed E-state index contributed by atoms with van der Waals surface area (Å²) in [5.74, 6) is 1.13. The number of benzene rings is 2. The highest BCUT2D eigenvalue weighted by Gasteiger charge is 2.20. The molecule has 0 N–H and O–H groups in total. The van der Waals surface area contributed by atoms with Crippen molar-refractivity contribution in [1.82, 2.24) is 9.80 Å². The van der Waals surface area contributed by atoms with E-state index in [1.165, 1.54) is 12.1 Å². The van der Waals surface area contributed by atoms with Crippen molar-refractivity contribution in [3.05, 3.63) is 65.5 Å². The molecule has 1 amide bonds. The van der Waals surface area contributed by atoms with Gasteiger partial charge in [-0.1, -0.05) is 18.2 Å². The summed E-state index contributed by atoms with van der Waals surface area (Å²) < 4.78 is 24.2. The molecule has 28 heavy (non-hydrogen) atoms. The van der Waals surface area contributed by atoms with E-state index in [0.717, 1.165) is 30.0 Å². The van der Waals surface area contributed by atoms with Gasteiger partial charge >= 0.3 is 0 Å². The van der Waals surface area contributed by atoms with Crippen LogP contribution in [0.1, 0.15) is 11.1 Å². The third kappa shape index (κ3) is 4.89. The Bertz CT molecular complexity index is 845. The first-order valence-electron chi connectivity index (χ1n) is 9.25. The van der Waals surface area contributed by atoms with E-state index in [1.807, 2.05) is 29.2 Å². The third-order valence-electron chi connectivity index (χ3n) is 4.86. The molecule has 2 aromatic carbocycles. The molecule has 1 saturated heterocycles. The molecule has 0 unspecified atom stereocenters. The number of piperazine rings is 1. The zero-order valence-corrected chi connectivity index (χ0v) is 16.2. The SMILES string of the molecule is COc1ccccc1/C=C/C(=O)N1CCN(Cc2cc(F)ccc2OC)CC1. The molecular formula is C22H25FN2O3. The van der Waals surface area contributed by atoms with Crippen LogP contribution in [0.2, 0.25) is 0 Å². The number of rotatable bonds is 6. The van der Waals surface area contributed by atoms with Gasteiger partial charge in [0.25, 0.3) is 0 Å². The standard InChI is InChI=1S/C22H25FN2O3/c1-27-20-6-4-3-5-17(20)7-10-22(26)25-13-11-24(12-14-25)16-18-15-19(23)8-9-21(18)28-2/h3-10,15H,11-14,16H2,1-2H3/b10-7+. The van der Waals surface area contributed by atoms with Gasteiger partial charge in [-0.2, -0.15) is 0 Å². The Labute approximate surface area is 165 Å². The zero-order valence-electron chi connectivity index (χ0n) is 16.2. The fraction of sp³-hybridized carbons (Fsp3) is 0.318. The van der Waals surface area contributed by atoms with E-state index in [1.54, 1.807) is 32.4 Å². The molecular weight excluding hydrogens is 359 g/mol. The second-order valence-electron chi connectivity index (χ2n) is 6.63. The van der Waals surface area contributed by atoms with Crippen LogP contribution in [0.25, 0.3) is 6.08 Å². The quantitative estimate of drug-likeness (QED) is 0.718. The summed E-state index contributed by atoms with van der Waals surface area (Å²) in [4.78, 5) is 16.5. The van der Waals surface area contributed by atoms with Crippen LogP contribution in [-0.4, -0.2) is 56.1 Å². The lowest BCUT2D eigenvalue weighted by molar-refractivity contribution is -0.127. The molecule has 0 radical (unpaired) electrons. The first kappa shape index (κ1) is 19.9. The summed E-state index contributed by atoms with van der Waals surface area (Å²) in [5, 5.41) is 0. The molecule has 2 aromatic rings. The minimum Gasteiger partial charge on any atom is -0.496 e. The van der Waals surface area contributed by atoms with Crippen LogP contribution in [0.4, 0.5) is 4.39 Å². The van der Waals surface area contributed by atoms with Gasteiger partial charge in [-0.05, 0) is 30.3 Å². The maximum absolute atomic E-state index is 13.5. The first-order chi connectivity index (χ1) is 13.6. The molecule has 1 aliphatic rings. The first-order valence-corrected chi connectivity index (χ1v) is 9.25. The number of hydrogen-bond donors (Lipinski definition) is 0. The van der Waals surface area contributed by atoms with Crippen molar-refractivity contribution in [3.8, 4) is 11.5 Å². The van der Waals surface area contributed by atoms with Gasteiger partial charge in [0, 0.05) is 49.9 Å². The molecule has 5 nitrogen and oxygen atoms in total. The molecule has 0 aromatic heterocycles. The van der Waals surface area contributed by atoms with E-state index >= 15 is 0 Å². The van der Waals surface area contributed by atoms with Gasteiger partial charge in [0.2, 0.25) is 5.91 Å². The number of hydrogen-bond acceptors (Lipinski definition) is 4. The topological polar surface area (TPSA) is 42.0 Å². The van der Waals surface area contributed by atoms with Crippen LogP contribution in [0.3, 0.4) is 0 Å². The summed E-state index contributed by atoms with van der Waals surface area (Å²) >= 11 is 0. The Balaban J connectivity index is 1.56. The molecule has 1 aliphatic heterocycles. The molecule has 1 fully saturated rings. The number of nitrogens with zero attached hydrogens (tertiary/aromatic N) is 2.